The summed E-state index contributed by atoms with van der Waals surface area (Å²) in [5.74, 6) is -0.0657. The molecule has 1 aromatic carbocycles. The second-order valence-electron chi connectivity index (χ2n) is 4.54. The third-order valence-corrected chi connectivity index (χ3v) is 3.49. The van der Waals surface area contributed by atoms with Crippen LogP contribution in [0, 0.1) is 0 Å². The number of hydrogen-bond donors (Lipinski definition) is 2. The van der Waals surface area contributed by atoms with Gasteiger partial charge in [0.1, 0.15) is 0 Å². The van der Waals surface area contributed by atoms with Crippen molar-refractivity contribution in [1.29, 1.82) is 0 Å². The van der Waals surface area contributed by atoms with Gasteiger partial charge in [-0.05, 0) is 37.1 Å². The first-order chi connectivity index (χ1) is 8.16. The maximum Gasteiger partial charge on any atom is 0.251 e. The largest absolute Gasteiger partial charge is 0.348 e. The molecular formula is C13H18Cl2N2O. The number of halogens is 2. The Kier molecular flexibility index (Phi) is 5.93. The van der Waals surface area contributed by atoms with Crippen molar-refractivity contribution < 1.29 is 4.79 Å². The van der Waals surface area contributed by atoms with Crippen LogP contribution >= 0.6 is 24.0 Å². The number of carbonyl (C=O) groups is 1. The molecule has 1 aliphatic rings. The van der Waals surface area contributed by atoms with Gasteiger partial charge in [-0.1, -0.05) is 24.4 Å². The molecule has 0 radical (unpaired) electrons. The van der Waals surface area contributed by atoms with Crippen LogP contribution in [0.2, 0.25) is 5.02 Å². The Labute approximate surface area is 118 Å². The predicted molar refractivity (Wildman–Crippen MR) is 76.4 cm³/mol. The number of nitrogens with one attached hydrogen (secondary N) is 1. The van der Waals surface area contributed by atoms with E-state index in [4.69, 9.17) is 17.3 Å². The molecule has 5 heteroatoms. The average molecular weight is 289 g/mol. The summed E-state index contributed by atoms with van der Waals surface area (Å²) in [6.07, 6.45) is 4.26. The Morgan fingerprint density at radius 3 is 2.44 bits per heavy atom. The molecule has 18 heavy (non-hydrogen) atoms. The van der Waals surface area contributed by atoms with Crippen molar-refractivity contribution in [3.05, 3.63) is 34.9 Å². The lowest BCUT2D eigenvalue weighted by molar-refractivity contribution is 0.0921. The molecule has 1 fully saturated rings. The lowest BCUT2D eigenvalue weighted by Gasteiger charge is -2.29. The third-order valence-electron chi connectivity index (χ3n) is 3.24. The van der Waals surface area contributed by atoms with Crippen LogP contribution in [0.15, 0.2) is 24.3 Å². The molecule has 1 aromatic rings. The summed E-state index contributed by atoms with van der Waals surface area (Å²) < 4.78 is 0. The molecule has 0 heterocycles. The molecule has 2 atom stereocenters. The van der Waals surface area contributed by atoms with E-state index >= 15 is 0 Å². The highest BCUT2D eigenvalue weighted by molar-refractivity contribution is 6.30. The molecule has 1 aliphatic carbocycles. The number of rotatable bonds is 2. The normalized spacial score (nSPS) is 23.0. The van der Waals surface area contributed by atoms with Crippen molar-refractivity contribution in [3.63, 3.8) is 0 Å². The molecule has 1 saturated carbocycles. The smallest absolute Gasteiger partial charge is 0.251 e. The molecule has 0 bridgehead atoms. The Hall–Kier alpha value is -0.770. The predicted octanol–water partition coefficient (Wildman–Crippen LogP) is 2.76. The zero-order chi connectivity index (χ0) is 12.3. The number of nitrogens with two attached hydrogens (primary N) is 1. The first-order valence-corrected chi connectivity index (χ1v) is 6.36. The van der Waals surface area contributed by atoms with Gasteiger partial charge in [0.15, 0.2) is 0 Å². The SMILES string of the molecule is Cl.NC1CCCCC1NC(=O)c1ccc(Cl)cc1. The molecule has 0 aliphatic heterocycles. The van der Waals surface area contributed by atoms with Gasteiger partial charge in [-0.2, -0.15) is 0 Å². The van der Waals surface area contributed by atoms with E-state index < -0.39 is 0 Å². The highest BCUT2D eigenvalue weighted by atomic mass is 35.5. The summed E-state index contributed by atoms with van der Waals surface area (Å²) in [5, 5.41) is 3.63. The summed E-state index contributed by atoms with van der Waals surface area (Å²) in [5.41, 5.74) is 6.63. The average Bonchev–Trinajstić information content (AvgIpc) is 2.33. The second-order valence-corrected chi connectivity index (χ2v) is 4.97. The fourth-order valence-electron chi connectivity index (χ4n) is 2.19. The molecular weight excluding hydrogens is 271 g/mol. The number of benzene rings is 1. The zero-order valence-electron chi connectivity index (χ0n) is 10.1. The fourth-order valence-corrected chi connectivity index (χ4v) is 2.32. The molecule has 100 valence electrons. The molecule has 0 aromatic heterocycles. The summed E-state index contributed by atoms with van der Waals surface area (Å²) in [4.78, 5) is 12.0. The Morgan fingerprint density at radius 2 is 1.83 bits per heavy atom. The van der Waals surface area contributed by atoms with Crippen LogP contribution in [-0.2, 0) is 0 Å². The lowest BCUT2D eigenvalue weighted by atomic mass is 9.91. The second kappa shape index (κ2) is 6.98. The molecule has 3 N–H and O–H groups in total. The first kappa shape index (κ1) is 15.3. The summed E-state index contributed by atoms with van der Waals surface area (Å²) >= 11 is 5.78. The molecule has 0 spiro atoms. The number of carbonyl (C=O) groups excluding carboxylic acids is 1. The third kappa shape index (κ3) is 3.87. The molecule has 0 saturated heterocycles. The van der Waals surface area contributed by atoms with Gasteiger partial charge in [0.2, 0.25) is 0 Å². The molecule has 1 amide bonds. The van der Waals surface area contributed by atoms with E-state index in [0.29, 0.717) is 10.6 Å². The van der Waals surface area contributed by atoms with Crippen molar-refractivity contribution in [1.82, 2.24) is 5.32 Å². The van der Waals surface area contributed by atoms with Crippen molar-refractivity contribution in [3.8, 4) is 0 Å². The maximum absolute atomic E-state index is 12.0. The van der Waals surface area contributed by atoms with Gasteiger partial charge >= 0.3 is 0 Å². The minimum absolute atomic E-state index is 0. The van der Waals surface area contributed by atoms with Crippen LogP contribution in [-0.4, -0.2) is 18.0 Å². The van der Waals surface area contributed by atoms with Crippen molar-refractivity contribution in [2.24, 2.45) is 5.73 Å². The Morgan fingerprint density at radius 1 is 1.22 bits per heavy atom. The van der Waals surface area contributed by atoms with Gasteiger partial charge in [0.25, 0.3) is 5.91 Å². The monoisotopic (exact) mass is 288 g/mol. The number of hydrogen-bond acceptors (Lipinski definition) is 2. The Balaban J connectivity index is 0.00000162. The number of amides is 1. The van der Waals surface area contributed by atoms with Crippen LogP contribution < -0.4 is 11.1 Å². The van der Waals surface area contributed by atoms with E-state index in [1.165, 1.54) is 0 Å². The fraction of sp³-hybridized carbons (Fsp3) is 0.462. The van der Waals surface area contributed by atoms with Crippen LogP contribution in [0.5, 0.6) is 0 Å². The van der Waals surface area contributed by atoms with Crippen LogP contribution in [0.4, 0.5) is 0 Å². The van der Waals surface area contributed by atoms with Gasteiger partial charge in [0.05, 0.1) is 0 Å². The minimum atomic E-state index is -0.0657. The molecule has 3 nitrogen and oxygen atoms in total. The van der Waals surface area contributed by atoms with Gasteiger partial charge < -0.3 is 11.1 Å². The zero-order valence-corrected chi connectivity index (χ0v) is 11.6. The first-order valence-electron chi connectivity index (χ1n) is 5.99. The maximum atomic E-state index is 12.0. The molecule has 2 unspecified atom stereocenters. The van der Waals surface area contributed by atoms with Crippen LogP contribution in [0.3, 0.4) is 0 Å². The van der Waals surface area contributed by atoms with Crippen molar-refractivity contribution >= 4 is 29.9 Å². The van der Waals surface area contributed by atoms with Crippen LogP contribution in [0.1, 0.15) is 36.0 Å². The highest BCUT2D eigenvalue weighted by Gasteiger charge is 2.23. The standard InChI is InChI=1S/C13H17ClN2O.ClH/c14-10-7-5-9(6-8-10)13(17)16-12-4-2-1-3-11(12)15;/h5-8,11-12H,1-4,15H2,(H,16,17);1H. The van der Waals surface area contributed by atoms with E-state index in [0.717, 1.165) is 25.7 Å². The summed E-state index contributed by atoms with van der Waals surface area (Å²) in [6.45, 7) is 0. The van der Waals surface area contributed by atoms with Gasteiger partial charge in [0, 0.05) is 22.7 Å². The van der Waals surface area contributed by atoms with E-state index in [1.807, 2.05) is 0 Å². The summed E-state index contributed by atoms with van der Waals surface area (Å²) in [6, 6.07) is 7.08. The van der Waals surface area contributed by atoms with Gasteiger partial charge in [-0.25, -0.2) is 0 Å². The van der Waals surface area contributed by atoms with E-state index in [-0.39, 0.29) is 30.4 Å². The van der Waals surface area contributed by atoms with E-state index in [2.05, 4.69) is 5.32 Å². The van der Waals surface area contributed by atoms with Crippen LogP contribution in [0.25, 0.3) is 0 Å². The Bertz CT molecular complexity index is 394. The van der Waals surface area contributed by atoms with E-state index in [1.54, 1.807) is 24.3 Å². The lowest BCUT2D eigenvalue weighted by Crippen LogP contribution is -2.49. The summed E-state index contributed by atoms with van der Waals surface area (Å²) in [7, 11) is 0. The topological polar surface area (TPSA) is 55.1 Å². The van der Waals surface area contributed by atoms with E-state index in [9.17, 15) is 4.79 Å². The van der Waals surface area contributed by atoms with Gasteiger partial charge in [-0.15, -0.1) is 12.4 Å². The van der Waals surface area contributed by atoms with Crippen molar-refractivity contribution in [2.75, 3.05) is 0 Å². The molecule has 2 rings (SSSR count). The minimum Gasteiger partial charge on any atom is -0.348 e. The quantitative estimate of drug-likeness (QED) is 0.879. The van der Waals surface area contributed by atoms with Crippen molar-refractivity contribution in [2.45, 2.75) is 37.8 Å². The highest BCUT2D eigenvalue weighted by Crippen LogP contribution is 2.17. The van der Waals surface area contributed by atoms with Gasteiger partial charge in [-0.3, -0.25) is 4.79 Å².